The van der Waals surface area contributed by atoms with Crippen molar-refractivity contribution in [1.82, 2.24) is 15.0 Å². The maximum Gasteiger partial charge on any atom is 0.326 e. The summed E-state index contributed by atoms with van der Waals surface area (Å²) in [6.45, 7) is 11.5. The second-order valence-corrected chi connectivity index (χ2v) is 12.2. The molecule has 0 aliphatic carbocycles. The number of fused-ring (bicyclic) bond motifs is 1. The Balaban J connectivity index is 1.50. The lowest BCUT2D eigenvalue weighted by molar-refractivity contribution is 0.256. The summed E-state index contributed by atoms with van der Waals surface area (Å²) in [6, 6.07) is 21.4. The van der Waals surface area contributed by atoms with Gasteiger partial charge in [-0.3, -0.25) is 14.7 Å². The van der Waals surface area contributed by atoms with Crippen molar-refractivity contribution in [3.63, 3.8) is 0 Å². The van der Waals surface area contributed by atoms with Gasteiger partial charge in [0.1, 0.15) is 23.7 Å². The van der Waals surface area contributed by atoms with Crippen LogP contribution in [0.2, 0.25) is 0 Å². The average molecular weight is 618 g/mol. The number of amides is 2. The highest BCUT2D eigenvalue weighted by molar-refractivity contribution is 6.03. The molecule has 2 aromatic carbocycles. The number of nitrogens with one attached hydrogen (secondary N) is 2. The first-order chi connectivity index (χ1) is 22.2. The van der Waals surface area contributed by atoms with E-state index in [1.54, 1.807) is 29.6 Å². The SMILES string of the molecule is CCCCCN(C(=O)Nc1c(C(C)C)cc(-c2cccc(OCc3ccncc3)c2)cc1C(C)C)c1cc2cccnc2[nH]c1=O. The third kappa shape index (κ3) is 7.62. The fourth-order valence-corrected chi connectivity index (χ4v) is 5.57. The van der Waals surface area contributed by atoms with Crippen molar-refractivity contribution in [2.24, 2.45) is 0 Å². The second-order valence-electron chi connectivity index (χ2n) is 12.2. The molecule has 0 aliphatic rings. The minimum absolute atomic E-state index is 0.127. The maximum absolute atomic E-state index is 14.2. The Bertz CT molecular complexity index is 1820. The van der Waals surface area contributed by atoms with Crippen LogP contribution in [0.25, 0.3) is 22.2 Å². The molecule has 0 spiro atoms. The standard InChI is InChI=1S/C38H43N5O3/c1-6-7-8-19-43(34-23-29-12-10-16-40-36(29)42-37(34)44)38(45)41-35-32(25(2)3)21-30(22-33(35)26(4)5)28-11-9-13-31(20-28)46-24-27-14-17-39-18-15-27/h9-18,20-23,25-26H,6-8,19,24H2,1-5H3,(H,41,45)(H,40,42,44). The van der Waals surface area contributed by atoms with Crippen LogP contribution in [0.3, 0.4) is 0 Å². The molecule has 0 saturated heterocycles. The van der Waals surface area contributed by atoms with Crippen molar-refractivity contribution >= 4 is 28.4 Å². The first kappa shape index (κ1) is 32.4. The van der Waals surface area contributed by atoms with Gasteiger partial charge in [0, 0.05) is 36.2 Å². The second kappa shape index (κ2) is 14.9. The van der Waals surface area contributed by atoms with Crippen LogP contribution >= 0.6 is 0 Å². The fourth-order valence-electron chi connectivity index (χ4n) is 5.57. The van der Waals surface area contributed by atoms with E-state index in [-0.39, 0.29) is 23.4 Å². The van der Waals surface area contributed by atoms with E-state index < -0.39 is 0 Å². The van der Waals surface area contributed by atoms with Gasteiger partial charge in [-0.25, -0.2) is 9.78 Å². The Morgan fingerprint density at radius 2 is 1.63 bits per heavy atom. The number of pyridine rings is 3. The molecular formula is C38H43N5O3. The number of ether oxygens (including phenoxy) is 1. The van der Waals surface area contributed by atoms with Gasteiger partial charge in [0.2, 0.25) is 0 Å². The molecule has 8 nitrogen and oxygen atoms in total. The zero-order valence-corrected chi connectivity index (χ0v) is 27.3. The van der Waals surface area contributed by atoms with E-state index >= 15 is 0 Å². The summed E-state index contributed by atoms with van der Waals surface area (Å²) in [4.78, 5) is 40.2. The van der Waals surface area contributed by atoms with Gasteiger partial charge in [-0.1, -0.05) is 59.6 Å². The Hall–Kier alpha value is -4.98. The first-order valence-corrected chi connectivity index (χ1v) is 16.1. The van der Waals surface area contributed by atoms with Crippen LogP contribution in [-0.2, 0) is 6.61 Å². The third-order valence-corrected chi connectivity index (χ3v) is 8.11. The number of urea groups is 1. The van der Waals surface area contributed by atoms with Crippen LogP contribution in [0.15, 0.2) is 90.1 Å². The quantitative estimate of drug-likeness (QED) is 0.136. The van der Waals surface area contributed by atoms with Crippen LogP contribution in [0.4, 0.5) is 16.2 Å². The minimum Gasteiger partial charge on any atom is -0.489 e. The summed E-state index contributed by atoms with van der Waals surface area (Å²) in [5.41, 5.74) is 6.46. The third-order valence-electron chi connectivity index (χ3n) is 8.11. The Morgan fingerprint density at radius 1 is 0.891 bits per heavy atom. The van der Waals surface area contributed by atoms with Crippen molar-refractivity contribution < 1.29 is 9.53 Å². The summed E-state index contributed by atoms with van der Waals surface area (Å²) in [5.74, 6) is 1.03. The van der Waals surface area contributed by atoms with E-state index in [0.717, 1.165) is 63.9 Å². The Morgan fingerprint density at radius 3 is 2.33 bits per heavy atom. The van der Waals surface area contributed by atoms with Gasteiger partial charge in [-0.2, -0.15) is 0 Å². The molecule has 2 N–H and O–H groups in total. The first-order valence-electron chi connectivity index (χ1n) is 16.1. The van der Waals surface area contributed by atoms with Crippen LogP contribution < -0.4 is 20.5 Å². The van der Waals surface area contributed by atoms with Crippen molar-refractivity contribution in [1.29, 1.82) is 0 Å². The highest BCUT2D eigenvalue weighted by Crippen LogP contribution is 2.38. The van der Waals surface area contributed by atoms with Gasteiger partial charge >= 0.3 is 6.03 Å². The molecule has 0 fully saturated rings. The summed E-state index contributed by atoms with van der Waals surface area (Å²) in [7, 11) is 0. The number of H-pyrrole nitrogens is 1. The number of nitrogens with zero attached hydrogens (tertiary/aromatic N) is 3. The van der Waals surface area contributed by atoms with Crippen LogP contribution in [-0.4, -0.2) is 27.5 Å². The molecule has 5 aromatic rings. The molecule has 8 heteroatoms. The highest BCUT2D eigenvalue weighted by Gasteiger charge is 2.24. The lowest BCUT2D eigenvalue weighted by Crippen LogP contribution is -2.39. The number of hydrogen-bond acceptors (Lipinski definition) is 5. The van der Waals surface area contributed by atoms with Crippen molar-refractivity contribution in [2.45, 2.75) is 72.3 Å². The maximum atomic E-state index is 14.2. The number of aromatic nitrogens is 3. The Labute approximate surface area is 270 Å². The van der Waals surface area contributed by atoms with E-state index in [4.69, 9.17) is 4.74 Å². The monoisotopic (exact) mass is 617 g/mol. The molecule has 2 amide bonds. The lowest BCUT2D eigenvalue weighted by Gasteiger charge is -2.27. The van der Waals surface area contributed by atoms with Gasteiger partial charge < -0.3 is 15.0 Å². The highest BCUT2D eigenvalue weighted by atomic mass is 16.5. The number of benzene rings is 2. The molecule has 0 bridgehead atoms. The van der Waals surface area contributed by atoms with E-state index in [9.17, 15) is 9.59 Å². The summed E-state index contributed by atoms with van der Waals surface area (Å²) in [5, 5.41) is 4.03. The molecule has 3 heterocycles. The summed E-state index contributed by atoms with van der Waals surface area (Å²) >= 11 is 0. The predicted molar refractivity (Wildman–Crippen MR) is 187 cm³/mol. The van der Waals surface area contributed by atoms with E-state index in [0.29, 0.717) is 24.5 Å². The number of anilines is 2. The molecule has 238 valence electrons. The van der Waals surface area contributed by atoms with Gasteiger partial charge in [-0.15, -0.1) is 0 Å². The van der Waals surface area contributed by atoms with Gasteiger partial charge in [-0.05, 0) is 101 Å². The zero-order chi connectivity index (χ0) is 32.6. The summed E-state index contributed by atoms with van der Waals surface area (Å²) < 4.78 is 6.11. The van der Waals surface area contributed by atoms with Crippen LogP contribution in [0.1, 0.15) is 82.4 Å². The topological polar surface area (TPSA) is 100 Å². The fraction of sp³-hybridized carbons (Fsp3) is 0.316. The molecule has 3 aromatic heterocycles. The Kier molecular flexibility index (Phi) is 10.5. The number of aromatic amines is 1. The average Bonchev–Trinajstić information content (AvgIpc) is 3.06. The molecule has 46 heavy (non-hydrogen) atoms. The summed E-state index contributed by atoms with van der Waals surface area (Å²) in [6.07, 6.45) is 7.89. The molecule has 5 rings (SSSR count). The van der Waals surface area contributed by atoms with Gasteiger partial charge in [0.25, 0.3) is 5.56 Å². The van der Waals surface area contributed by atoms with E-state index in [1.165, 1.54) is 0 Å². The van der Waals surface area contributed by atoms with E-state index in [1.807, 2.05) is 36.4 Å². The van der Waals surface area contributed by atoms with Crippen molar-refractivity contribution in [3.8, 4) is 16.9 Å². The van der Waals surface area contributed by atoms with Gasteiger partial charge in [0.05, 0.1) is 0 Å². The predicted octanol–water partition coefficient (Wildman–Crippen LogP) is 9.04. The number of unbranched alkanes of at least 4 members (excludes halogenated alkanes) is 2. The molecule has 0 atom stereocenters. The number of carbonyl (C=O) groups is 1. The van der Waals surface area contributed by atoms with Crippen LogP contribution in [0.5, 0.6) is 5.75 Å². The number of carbonyl (C=O) groups excluding carboxylic acids is 1. The lowest BCUT2D eigenvalue weighted by atomic mass is 9.88. The number of rotatable bonds is 12. The van der Waals surface area contributed by atoms with Crippen LogP contribution in [0, 0.1) is 0 Å². The normalized spacial score (nSPS) is 11.3. The molecule has 0 aliphatic heterocycles. The molecule has 0 unspecified atom stereocenters. The number of hydrogen-bond donors (Lipinski definition) is 2. The largest absolute Gasteiger partial charge is 0.489 e. The van der Waals surface area contributed by atoms with Crippen molar-refractivity contribution in [2.75, 3.05) is 16.8 Å². The zero-order valence-electron chi connectivity index (χ0n) is 27.3. The minimum atomic E-state index is -0.340. The molecule has 0 radical (unpaired) electrons. The smallest absolute Gasteiger partial charge is 0.326 e. The molecule has 0 saturated carbocycles. The van der Waals surface area contributed by atoms with E-state index in [2.05, 4.69) is 79.2 Å². The van der Waals surface area contributed by atoms with Crippen molar-refractivity contribution in [3.05, 3.63) is 112 Å². The van der Waals surface area contributed by atoms with Gasteiger partial charge in [0.15, 0.2) is 0 Å². The molecular weight excluding hydrogens is 574 g/mol.